The lowest BCUT2D eigenvalue weighted by atomic mass is 9.74. The van der Waals surface area contributed by atoms with Gasteiger partial charge in [-0.1, -0.05) is 33.6 Å². The van der Waals surface area contributed by atoms with E-state index >= 15 is 0 Å². The number of rotatable bonds is 5. The molecule has 1 fully saturated rings. The van der Waals surface area contributed by atoms with Crippen LogP contribution in [0.1, 0.15) is 53.4 Å². The molecule has 0 spiro atoms. The summed E-state index contributed by atoms with van der Waals surface area (Å²) in [6, 6.07) is 0.282. The van der Waals surface area contributed by atoms with Crippen LogP contribution in [0.3, 0.4) is 0 Å². The third kappa shape index (κ3) is 3.25. The Morgan fingerprint density at radius 1 is 1.22 bits per heavy atom. The average Bonchev–Trinajstić information content (AvgIpc) is 2.44. The molecule has 1 aliphatic heterocycles. The van der Waals surface area contributed by atoms with Crippen LogP contribution in [0, 0.1) is 11.3 Å². The number of esters is 1. The standard InChI is InChI=1S/C15H29NO2/c1-6-15(7-2)8-10-16(11-9-15)13(4)12(3)14(17)18-5/h12-13H,6-11H2,1-5H3. The van der Waals surface area contributed by atoms with Crippen LogP contribution in [0.25, 0.3) is 0 Å². The number of carbonyl (C=O) groups is 1. The summed E-state index contributed by atoms with van der Waals surface area (Å²) in [5.41, 5.74) is 0.546. The first-order valence-corrected chi connectivity index (χ1v) is 7.31. The summed E-state index contributed by atoms with van der Waals surface area (Å²) in [6.07, 6.45) is 5.08. The molecule has 18 heavy (non-hydrogen) atoms. The molecule has 3 heteroatoms. The van der Waals surface area contributed by atoms with Crippen molar-refractivity contribution in [3.8, 4) is 0 Å². The second-order valence-electron chi connectivity index (χ2n) is 5.80. The van der Waals surface area contributed by atoms with E-state index in [0.717, 1.165) is 13.1 Å². The van der Waals surface area contributed by atoms with Crippen molar-refractivity contribution in [2.75, 3.05) is 20.2 Å². The minimum absolute atomic E-state index is 0.0363. The largest absolute Gasteiger partial charge is 0.469 e. The van der Waals surface area contributed by atoms with Crippen LogP contribution in [-0.2, 0) is 9.53 Å². The number of nitrogens with zero attached hydrogens (tertiary/aromatic N) is 1. The van der Waals surface area contributed by atoms with Crippen LogP contribution < -0.4 is 0 Å². The lowest BCUT2D eigenvalue weighted by molar-refractivity contribution is -0.147. The van der Waals surface area contributed by atoms with Gasteiger partial charge >= 0.3 is 5.97 Å². The van der Waals surface area contributed by atoms with Gasteiger partial charge in [0.2, 0.25) is 0 Å². The van der Waals surface area contributed by atoms with E-state index in [2.05, 4.69) is 25.7 Å². The van der Waals surface area contributed by atoms with Gasteiger partial charge in [-0.25, -0.2) is 0 Å². The van der Waals surface area contributed by atoms with Crippen molar-refractivity contribution in [3.63, 3.8) is 0 Å². The van der Waals surface area contributed by atoms with Crippen LogP contribution >= 0.6 is 0 Å². The fourth-order valence-corrected chi connectivity index (χ4v) is 3.06. The maximum Gasteiger partial charge on any atom is 0.309 e. The predicted molar refractivity (Wildman–Crippen MR) is 74.5 cm³/mol. The Kier molecular flexibility index (Phi) is 5.64. The van der Waals surface area contributed by atoms with E-state index in [1.54, 1.807) is 0 Å². The van der Waals surface area contributed by atoms with Crippen LogP contribution in [-0.4, -0.2) is 37.1 Å². The summed E-state index contributed by atoms with van der Waals surface area (Å²) in [5, 5.41) is 0. The first-order chi connectivity index (χ1) is 8.49. The SMILES string of the molecule is CCC1(CC)CCN(C(C)C(C)C(=O)OC)CC1. The number of likely N-dealkylation sites (tertiary alicyclic amines) is 1. The van der Waals surface area contributed by atoms with Gasteiger partial charge in [-0.05, 0) is 38.3 Å². The molecule has 1 rings (SSSR count). The summed E-state index contributed by atoms with van der Waals surface area (Å²) in [7, 11) is 1.47. The maximum absolute atomic E-state index is 11.6. The fourth-order valence-electron chi connectivity index (χ4n) is 3.06. The highest BCUT2D eigenvalue weighted by molar-refractivity contribution is 5.72. The summed E-state index contributed by atoms with van der Waals surface area (Å²) in [5.74, 6) is -0.129. The second-order valence-corrected chi connectivity index (χ2v) is 5.80. The summed E-state index contributed by atoms with van der Waals surface area (Å²) in [4.78, 5) is 14.0. The molecule has 0 N–H and O–H groups in total. The summed E-state index contributed by atoms with van der Waals surface area (Å²) in [6.45, 7) is 11.0. The first kappa shape index (κ1) is 15.5. The van der Waals surface area contributed by atoms with E-state index in [-0.39, 0.29) is 17.9 Å². The molecule has 0 aromatic heterocycles. The van der Waals surface area contributed by atoms with Gasteiger partial charge in [-0.15, -0.1) is 0 Å². The average molecular weight is 255 g/mol. The number of ether oxygens (including phenoxy) is 1. The Morgan fingerprint density at radius 2 is 1.72 bits per heavy atom. The minimum Gasteiger partial charge on any atom is -0.469 e. The fraction of sp³-hybridized carbons (Fsp3) is 0.933. The summed E-state index contributed by atoms with van der Waals surface area (Å²) >= 11 is 0. The Labute approximate surface area is 112 Å². The first-order valence-electron chi connectivity index (χ1n) is 7.31. The third-order valence-electron chi connectivity index (χ3n) is 5.23. The van der Waals surface area contributed by atoms with Crippen LogP contribution in [0.2, 0.25) is 0 Å². The van der Waals surface area contributed by atoms with Gasteiger partial charge in [0.25, 0.3) is 0 Å². The summed E-state index contributed by atoms with van der Waals surface area (Å²) < 4.78 is 4.84. The predicted octanol–water partition coefficient (Wildman–Crippen LogP) is 3.09. The molecule has 0 bridgehead atoms. The van der Waals surface area contributed by atoms with Gasteiger partial charge in [0.05, 0.1) is 13.0 Å². The topological polar surface area (TPSA) is 29.5 Å². The van der Waals surface area contributed by atoms with Crippen LogP contribution in [0.5, 0.6) is 0 Å². The van der Waals surface area contributed by atoms with Crippen molar-refractivity contribution >= 4 is 5.97 Å². The van der Waals surface area contributed by atoms with Crippen molar-refractivity contribution in [2.24, 2.45) is 11.3 Å². The molecule has 1 heterocycles. The van der Waals surface area contributed by atoms with Gasteiger partial charge in [0.15, 0.2) is 0 Å². The highest BCUT2D eigenvalue weighted by atomic mass is 16.5. The molecule has 0 saturated carbocycles. The molecular formula is C15H29NO2. The molecule has 1 aliphatic rings. The number of piperidine rings is 1. The Hall–Kier alpha value is -0.570. The lowest BCUT2D eigenvalue weighted by Gasteiger charge is -2.44. The van der Waals surface area contributed by atoms with E-state index in [1.165, 1.54) is 32.8 Å². The van der Waals surface area contributed by atoms with Crippen LogP contribution in [0.4, 0.5) is 0 Å². The van der Waals surface area contributed by atoms with E-state index in [0.29, 0.717) is 5.41 Å². The van der Waals surface area contributed by atoms with Crippen molar-refractivity contribution in [2.45, 2.75) is 59.4 Å². The lowest BCUT2D eigenvalue weighted by Crippen LogP contribution is -2.47. The zero-order chi connectivity index (χ0) is 13.8. The van der Waals surface area contributed by atoms with Gasteiger partial charge in [-0.2, -0.15) is 0 Å². The molecule has 0 radical (unpaired) electrons. The second kappa shape index (κ2) is 6.55. The van der Waals surface area contributed by atoms with Crippen molar-refractivity contribution in [1.29, 1.82) is 0 Å². The molecule has 0 aromatic rings. The number of methoxy groups -OCH3 is 1. The van der Waals surface area contributed by atoms with E-state index in [4.69, 9.17) is 4.74 Å². The van der Waals surface area contributed by atoms with Gasteiger partial charge in [0.1, 0.15) is 0 Å². The van der Waals surface area contributed by atoms with Gasteiger partial charge in [0, 0.05) is 6.04 Å². The van der Waals surface area contributed by atoms with E-state index in [9.17, 15) is 4.79 Å². The molecule has 0 amide bonds. The molecule has 0 aliphatic carbocycles. The van der Waals surface area contributed by atoms with Gasteiger partial charge in [-0.3, -0.25) is 9.69 Å². The maximum atomic E-state index is 11.6. The number of hydrogen-bond donors (Lipinski definition) is 0. The Morgan fingerprint density at radius 3 is 2.11 bits per heavy atom. The highest BCUT2D eigenvalue weighted by Crippen LogP contribution is 2.38. The molecule has 3 nitrogen and oxygen atoms in total. The highest BCUT2D eigenvalue weighted by Gasteiger charge is 2.35. The zero-order valence-corrected chi connectivity index (χ0v) is 12.7. The Bertz CT molecular complexity index is 264. The number of hydrogen-bond acceptors (Lipinski definition) is 3. The smallest absolute Gasteiger partial charge is 0.309 e. The quantitative estimate of drug-likeness (QED) is 0.707. The molecule has 2 atom stereocenters. The van der Waals surface area contributed by atoms with Crippen molar-refractivity contribution < 1.29 is 9.53 Å². The third-order valence-corrected chi connectivity index (χ3v) is 5.23. The van der Waals surface area contributed by atoms with Gasteiger partial charge < -0.3 is 4.74 Å². The van der Waals surface area contributed by atoms with Crippen molar-refractivity contribution in [1.82, 2.24) is 4.90 Å². The molecular weight excluding hydrogens is 226 g/mol. The zero-order valence-electron chi connectivity index (χ0n) is 12.7. The molecule has 2 unspecified atom stereocenters. The molecule has 0 aromatic carbocycles. The minimum atomic E-state index is -0.0923. The van der Waals surface area contributed by atoms with E-state index < -0.39 is 0 Å². The normalized spacial score (nSPS) is 23.4. The molecule has 106 valence electrons. The monoisotopic (exact) mass is 255 g/mol. The Balaban J connectivity index is 2.54. The molecule has 1 saturated heterocycles. The van der Waals surface area contributed by atoms with Crippen LogP contribution in [0.15, 0.2) is 0 Å². The van der Waals surface area contributed by atoms with E-state index in [1.807, 2.05) is 6.92 Å². The van der Waals surface area contributed by atoms with Crippen molar-refractivity contribution in [3.05, 3.63) is 0 Å². The number of carbonyl (C=O) groups excluding carboxylic acids is 1.